The Morgan fingerprint density at radius 2 is 1.45 bits per heavy atom. The van der Waals surface area contributed by atoms with E-state index in [1.165, 1.54) is 17.9 Å². The average Bonchev–Trinajstić information content (AvgIpc) is 2.73. The molecular formula is C23H16Cl2F2N2O2. The van der Waals surface area contributed by atoms with Crippen LogP contribution in [0.2, 0.25) is 10.0 Å². The Morgan fingerprint density at radius 3 is 2.06 bits per heavy atom. The van der Waals surface area contributed by atoms with Crippen molar-refractivity contribution in [1.29, 1.82) is 0 Å². The van der Waals surface area contributed by atoms with Crippen molar-refractivity contribution < 1.29 is 18.4 Å². The lowest BCUT2D eigenvalue weighted by molar-refractivity contribution is -0.119. The van der Waals surface area contributed by atoms with E-state index in [2.05, 4.69) is 0 Å². The van der Waals surface area contributed by atoms with E-state index in [4.69, 9.17) is 23.2 Å². The summed E-state index contributed by atoms with van der Waals surface area (Å²) in [5.41, 5.74) is 0.609. The summed E-state index contributed by atoms with van der Waals surface area (Å²) in [6.45, 7) is 1.59. The van der Waals surface area contributed by atoms with E-state index in [9.17, 15) is 18.4 Å². The SMILES string of the molecule is C[C@H]1C(=O)N(Cc2c(Cl)cccc2Cl)c2ccccc2N1C(=O)c1c(F)cccc1F. The van der Waals surface area contributed by atoms with Crippen LogP contribution in [0.4, 0.5) is 20.2 Å². The number of nitrogens with zero attached hydrogens (tertiary/aromatic N) is 2. The Morgan fingerprint density at radius 1 is 0.903 bits per heavy atom. The fraction of sp³-hybridized carbons (Fsp3) is 0.130. The summed E-state index contributed by atoms with van der Waals surface area (Å²) in [6, 6.07) is 13.9. The third-order valence-corrected chi connectivity index (χ3v) is 5.92. The molecule has 1 atom stereocenters. The highest BCUT2D eigenvalue weighted by Gasteiger charge is 2.40. The topological polar surface area (TPSA) is 40.6 Å². The normalized spacial score (nSPS) is 15.8. The lowest BCUT2D eigenvalue weighted by Crippen LogP contribution is -2.54. The molecule has 3 aromatic rings. The van der Waals surface area contributed by atoms with E-state index < -0.39 is 35.1 Å². The predicted molar refractivity (Wildman–Crippen MR) is 117 cm³/mol. The summed E-state index contributed by atoms with van der Waals surface area (Å²) in [6.07, 6.45) is 0. The number of fused-ring (bicyclic) bond motifs is 1. The molecule has 31 heavy (non-hydrogen) atoms. The van der Waals surface area contributed by atoms with Crippen molar-refractivity contribution in [3.63, 3.8) is 0 Å². The molecule has 0 saturated carbocycles. The van der Waals surface area contributed by atoms with Gasteiger partial charge in [0.2, 0.25) is 5.91 Å². The van der Waals surface area contributed by atoms with Gasteiger partial charge < -0.3 is 4.90 Å². The maximum Gasteiger partial charge on any atom is 0.265 e. The number of anilines is 2. The van der Waals surface area contributed by atoms with Gasteiger partial charge in [0.1, 0.15) is 23.2 Å². The van der Waals surface area contributed by atoms with Crippen molar-refractivity contribution in [2.45, 2.75) is 19.5 Å². The van der Waals surface area contributed by atoms with E-state index in [0.29, 0.717) is 27.0 Å². The highest BCUT2D eigenvalue weighted by Crippen LogP contribution is 2.39. The van der Waals surface area contributed by atoms with E-state index >= 15 is 0 Å². The molecule has 0 spiro atoms. The third kappa shape index (κ3) is 3.66. The first-order chi connectivity index (χ1) is 14.8. The minimum Gasteiger partial charge on any atom is -0.304 e. The zero-order chi connectivity index (χ0) is 22.3. The molecule has 3 aromatic carbocycles. The molecule has 158 valence electrons. The minimum atomic E-state index is -1.01. The molecule has 4 rings (SSSR count). The Balaban J connectivity index is 1.81. The first kappa shape index (κ1) is 21.3. The number of hydrogen-bond acceptors (Lipinski definition) is 2. The number of amides is 2. The van der Waals surface area contributed by atoms with Crippen molar-refractivity contribution in [1.82, 2.24) is 0 Å². The number of hydrogen-bond donors (Lipinski definition) is 0. The van der Waals surface area contributed by atoms with E-state index in [0.717, 1.165) is 17.0 Å². The molecule has 0 aliphatic carbocycles. The number of benzene rings is 3. The lowest BCUT2D eigenvalue weighted by atomic mass is 10.0. The zero-order valence-electron chi connectivity index (χ0n) is 16.3. The molecular weight excluding hydrogens is 445 g/mol. The maximum atomic E-state index is 14.3. The van der Waals surface area contributed by atoms with E-state index in [1.54, 1.807) is 42.5 Å². The van der Waals surface area contributed by atoms with Crippen molar-refractivity contribution in [3.05, 3.63) is 93.5 Å². The Bertz CT molecular complexity index is 1160. The average molecular weight is 461 g/mol. The van der Waals surface area contributed by atoms with Crippen LogP contribution in [-0.4, -0.2) is 17.9 Å². The molecule has 1 heterocycles. The Labute approximate surface area is 187 Å². The quantitative estimate of drug-likeness (QED) is 0.491. The third-order valence-electron chi connectivity index (χ3n) is 5.22. The summed E-state index contributed by atoms with van der Waals surface area (Å²) >= 11 is 12.6. The molecule has 0 unspecified atom stereocenters. The van der Waals surface area contributed by atoms with Crippen molar-refractivity contribution in [3.8, 4) is 0 Å². The van der Waals surface area contributed by atoms with Gasteiger partial charge in [-0.3, -0.25) is 14.5 Å². The van der Waals surface area contributed by atoms with Gasteiger partial charge in [-0.1, -0.05) is 47.5 Å². The van der Waals surface area contributed by atoms with Crippen molar-refractivity contribution in [2.75, 3.05) is 9.80 Å². The first-order valence-corrected chi connectivity index (χ1v) is 10.2. The number of carbonyl (C=O) groups is 2. The zero-order valence-corrected chi connectivity index (χ0v) is 17.8. The van der Waals surface area contributed by atoms with Gasteiger partial charge in [0.05, 0.1) is 17.9 Å². The molecule has 0 saturated heterocycles. The Kier molecular flexibility index (Phi) is 5.69. The smallest absolute Gasteiger partial charge is 0.265 e. The molecule has 1 aliphatic heterocycles. The summed E-state index contributed by atoms with van der Waals surface area (Å²) in [7, 11) is 0. The predicted octanol–water partition coefficient (Wildman–Crippen LogP) is 5.85. The second kappa shape index (κ2) is 8.29. The van der Waals surface area contributed by atoms with Gasteiger partial charge in [-0.2, -0.15) is 0 Å². The van der Waals surface area contributed by atoms with Gasteiger partial charge in [0, 0.05) is 15.6 Å². The summed E-state index contributed by atoms with van der Waals surface area (Å²) in [5.74, 6) is -3.35. The minimum absolute atomic E-state index is 0.0782. The summed E-state index contributed by atoms with van der Waals surface area (Å²) in [4.78, 5) is 29.0. The van der Waals surface area contributed by atoms with Crippen molar-refractivity contribution in [2.24, 2.45) is 0 Å². The van der Waals surface area contributed by atoms with Crippen LogP contribution in [0.5, 0.6) is 0 Å². The molecule has 2 amide bonds. The number of para-hydroxylation sites is 2. The molecule has 0 aromatic heterocycles. The summed E-state index contributed by atoms with van der Waals surface area (Å²) in [5, 5.41) is 0.801. The number of rotatable bonds is 3. The number of carbonyl (C=O) groups excluding carboxylic acids is 2. The molecule has 4 nitrogen and oxygen atoms in total. The van der Waals surface area contributed by atoms with Crippen LogP contribution in [0, 0.1) is 11.6 Å². The largest absolute Gasteiger partial charge is 0.304 e. The standard InChI is InChI=1S/C23H16Cl2F2N2O2/c1-13-22(30)28(12-14-15(24)6-4-7-16(14)25)19-10-2-3-11-20(19)29(13)23(31)21-17(26)8-5-9-18(21)27/h2-11,13H,12H2,1H3/t13-/m0/s1. The molecule has 0 fully saturated rings. The first-order valence-electron chi connectivity index (χ1n) is 9.42. The highest BCUT2D eigenvalue weighted by molar-refractivity contribution is 6.36. The summed E-state index contributed by atoms with van der Waals surface area (Å²) < 4.78 is 28.6. The van der Waals surface area contributed by atoms with Gasteiger partial charge in [-0.05, 0) is 43.3 Å². The molecule has 8 heteroatoms. The second-order valence-electron chi connectivity index (χ2n) is 7.06. The Hall–Kier alpha value is -2.96. The van der Waals surface area contributed by atoms with Crippen LogP contribution in [0.1, 0.15) is 22.8 Å². The van der Waals surface area contributed by atoms with Gasteiger partial charge in [-0.25, -0.2) is 8.78 Å². The van der Waals surface area contributed by atoms with Crippen LogP contribution in [-0.2, 0) is 11.3 Å². The van der Waals surface area contributed by atoms with Crippen LogP contribution < -0.4 is 9.80 Å². The fourth-order valence-corrected chi connectivity index (χ4v) is 4.19. The molecule has 0 bridgehead atoms. The van der Waals surface area contributed by atoms with Crippen LogP contribution in [0.3, 0.4) is 0 Å². The van der Waals surface area contributed by atoms with E-state index in [-0.39, 0.29) is 6.54 Å². The van der Waals surface area contributed by atoms with Crippen molar-refractivity contribution >= 4 is 46.4 Å². The van der Waals surface area contributed by atoms with Gasteiger partial charge >= 0.3 is 0 Å². The number of halogens is 4. The molecule has 0 radical (unpaired) electrons. The van der Waals surface area contributed by atoms with Crippen LogP contribution in [0.25, 0.3) is 0 Å². The molecule has 1 aliphatic rings. The second-order valence-corrected chi connectivity index (χ2v) is 7.88. The van der Waals surface area contributed by atoms with Crippen LogP contribution >= 0.6 is 23.2 Å². The van der Waals surface area contributed by atoms with Gasteiger partial charge in [-0.15, -0.1) is 0 Å². The highest BCUT2D eigenvalue weighted by atomic mass is 35.5. The monoisotopic (exact) mass is 460 g/mol. The van der Waals surface area contributed by atoms with E-state index in [1.807, 2.05) is 0 Å². The maximum absolute atomic E-state index is 14.3. The molecule has 0 N–H and O–H groups in total. The fourth-order valence-electron chi connectivity index (χ4n) is 3.67. The lowest BCUT2D eigenvalue weighted by Gasteiger charge is -2.40. The van der Waals surface area contributed by atoms with Gasteiger partial charge in [0.15, 0.2) is 0 Å². The van der Waals surface area contributed by atoms with Crippen LogP contribution in [0.15, 0.2) is 60.7 Å². The van der Waals surface area contributed by atoms with Gasteiger partial charge in [0.25, 0.3) is 5.91 Å².